The number of rotatable bonds is 5. The van der Waals surface area contributed by atoms with Gasteiger partial charge in [-0.05, 0) is 35.9 Å². The molecule has 0 atom stereocenters. The van der Waals surface area contributed by atoms with Crippen molar-refractivity contribution in [2.45, 2.75) is 16.3 Å². The Labute approximate surface area is 149 Å². The molecule has 0 aliphatic rings. The summed E-state index contributed by atoms with van der Waals surface area (Å²) in [6.45, 7) is 0.548. The van der Waals surface area contributed by atoms with Crippen LogP contribution in [-0.2, 0) is 6.54 Å². The minimum Gasteiger partial charge on any atom is -0.508 e. The third-order valence-corrected chi connectivity index (χ3v) is 5.12. The first-order valence-corrected chi connectivity index (χ1v) is 8.59. The van der Waals surface area contributed by atoms with Gasteiger partial charge in [0.25, 0.3) is 0 Å². The lowest BCUT2D eigenvalue weighted by atomic mass is 10.2. The molecule has 3 nitrogen and oxygen atoms in total. The molecule has 0 unspecified atom stereocenters. The second-order valence-electron chi connectivity index (χ2n) is 5.20. The lowest BCUT2D eigenvalue weighted by molar-refractivity contribution is 0.452. The highest BCUT2D eigenvalue weighted by Crippen LogP contribution is 2.35. The van der Waals surface area contributed by atoms with Gasteiger partial charge in [-0.15, -0.1) is 0 Å². The van der Waals surface area contributed by atoms with E-state index < -0.39 is 0 Å². The van der Waals surface area contributed by atoms with Crippen molar-refractivity contribution < 1.29 is 10.2 Å². The highest BCUT2D eigenvalue weighted by molar-refractivity contribution is 7.99. The Morgan fingerprint density at radius 1 is 0.875 bits per heavy atom. The van der Waals surface area contributed by atoms with Gasteiger partial charge in [0.1, 0.15) is 11.5 Å². The zero-order valence-corrected chi connectivity index (χ0v) is 14.3. The maximum Gasteiger partial charge on any atom is 0.142 e. The number of hydrogen-bond acceptors (Lipinski definition) is 4. The van der Waals surface area contributed by atoms with Crippen LogP contribution in [0.4, 0.5) is 5.69 Å². The van der Waals surface area contributed by atoms with Crippen molar-refractivity contribution in [1.82, 2.24) is 0 Å². The van der Waals surface area contributed by atoms with E-state index in [-0.39, 0.29) is 11.5 Å². The highest BCUT2D eigenvalue weighted by atomic mass is 35.5. The van der Waals surface area contributed by atoms with Gasteiger partial charge in [-0.3, -0.25) is 0 Å². The summed E-state index contributed by atoms with van der Waals surface area (Å²) in [4.78, 5) is 2.09. The number of benzene rings is 3. The van der Waals surface area contributed by atoms with Crippen LogP contribution in [0.2, 0.25) is 5.02 Å². The van der Waals surface area contributed by atoms with E-state index in [0.717, 1.165) is 20.4 Å². The van der Waals surface area contributed by atoms with Gasteiger partial charge < -0.3 is 15.5 Å². The van der Waals surface area contributed by atoms with Gasteiger partial charge in [-0.2, -0.15) is 0 Å². The number of phenolic OH excluding ortho intramolecular Hbond substituents is 2. The number of phenols is 2. The topological polar surface area (TPSA) is 52.5 Å². The summed E-state index contributed by atoms with van der Waals surface area (Å²) in [5, 5.41) is 23.1. The van der Waals surface area contributed by atoms with E-state index in [0.29, 0.717) is 12.2 Å². The molecule has 0 saturated carbocycles. The molecule has 3 N–H and O–H groups in total. The van der Waals surface area contributed by atoms with Gasteiger partial charge in [0.2, 0.25) is 0 Å². The normalized spacial score (nSPS) is 10.5. The van der Waals surface area contributed by atoms with E-state index in [4.69, 9.17) is 11.6 Å². The molecule has 0 saturated heterocycles. The lowest BCUT2D eigenvalue weighted by Crippen LogP contribution is -2.01. The molecular weight excluding hydrogens is 342 g/mol. The van der Waals surface area contributed by atoms with Crippen molar-refractivity contribution >= 4 is 29.1 Å². The average molecular weight is 358 g/mol. The lowest BCUT2D eigenvalue weighted by Gasteiger charge is -2.13. The third-order valence-electron chi connectivity index (χ3n) is 3.48. The van der Waals surface area contributed by atoms with Gasteiger partial charge in [0.15, 0.2) is 0 Å². The van der Waals surface area contributed by atoms with Crippen molar-refractivity contribution in [2.24, 2.45) is 0 Å². The molecule has 0 aromatic heterocycles. The average Bonchev–Trinajstić information content (AvgIpc) is 2.57. The Kier molecular flexibility index (Phi) is 5.18. The smallest absolute Gasteiger partial charge is 0.142 e. The van der Waals surface area contributed by atoms with Crippen LogP contribution in [0, 0.1) is 0 Å². The SMILES string of the molecule is Oc1ccc(NCc2ccccc2Sc2ccccc2Cl)c(O)c1. The highest BCUT2D eigenvalue weighted by Gasteiger charge is 2.08. The van der Waals surface area contributed by atoms with Crippen LogP contribution in [0.1, 0.15) is 5.56 Å². The van der Waals surface area contributed by atoms with Crippen LogP contribution in [0.3, 0.4) is 0 Å². The Morgan fingerprint density at radius 3 is 2.33 bits per heavy atom. The number of anilines is 1. The fourth-order valence-electron chi connectivity index (χ4n) is 2.26. The number of nitrogens with one attached hydrogen (secondary N) is 1. The Bertz CT molecular complexity index is 854. The minimum absolute atomic E-state index is 0.0197. The molecule has 0 fully saturated rings. The summed E-state index contributed by atoms with van der Waals surface area (Å²) in [5.74, 6) is 0.0546. The van der Waals surface area contributed by atoms with Crippen molar-refractivity contribution in [3.63, 3.8) is 0 Å². The molecule has 24 heavy (non-hydrogen) atoms. The van der Waals surface area contributed by atoms with Crippen LogP contribution in [-0.4, -0.2) is 10.2 Å². The van der Waals surface area contributed by atoms with Gasteiger partial charge in [0, 0.05) is 22.4 Å². The zero-order valence-electron chi connectivity index (χ0n) is 12.7. The van der Waals surface area contributed by atoms with Crippen LogP contribution < -0.4 is 5.32 Å². The number of aromatic hydroxyl groups is 2. The largest absolute Gasteiger partial charge is 0.508 e. The van der Waals surface area contributed by atoms with Crippen molar-refractivity contribution in [3.05, 3.63) is 77.3 Å². The van der Waals surface area contributed by atoms with Crippen LogP contribution in [0.25, 0.3) is 0 Å². The third kappa shape index (κ3) is 3.96. The van der Waals surface area contributed by atoms with Crippen molar-refractivity contribution in [2.75, 3.05) is 5.32 Å². The van der Waals surface area contributed by atoms with Crippen LogP contribution in [0.5, 0.6) is 11.5 Å². The van der Waals surface area contributed by atoms with Crippen molar-refractivity contribution in [3.8, 4) is 11.5 Å². The molecule has 3 rings (SSSR count). The van der Waals surface area contributed by atoms with E-state index in [1.165, 1.54) is 12.1 Å². The number of halogens is 1. The fraction of sp³-hybridized carbons (Fsp3) is 0.0526. The summed E-state index contributed by atoms with van der Waals surface area (Å²) in [5.41, 5.74) is 1.67. The maximum atomic E-state index is 9.87. The molecule has 0 aliphatic carbocycles. The minimum atomic E-state index is 0.0197. The van der Waals surface area contributed by atoms with E-state index in [9.17, 15) is 10.2 Å². The van der Waals surface area contributed by atoms with E-state index in [1.807, 2.05) is 48.5 Å². The number of hydrogen-bond donors (Lipinski definition) is 3. The molecule has 0 bridgehead atoms. The monoisotopic (exact) mass is 357 g/mol. The Balaban J connectivity index is 1.78. The Hall–Kier alpha value is -2.30. The van der Waals surface area contributed by atoms with E-state index >= 15 is 0 Å². The van der Waals surface area contributed by atoms with Gasteiger partial charge in [0.05, 0.1) is 10.7 Å². The second-order valence-corrected chi connectivity index (χ2v) is 6.69. The standard InChI is InChI=1S/C19H16ClNO2S/c20-15-6-2-4-8-19(15)24-18-7-3-1-5-13(18)12-21-16-10-9-14(22)11-17(16)23/h1-11,21-23H,12H2. The van der Waals surface area contributed by atoms with E-state index in [2.05, 4.69) is 5.32 Å². The summed E-state index contributed by atoms with van der Waals surface area (Å²) in [7, 11) is 0. The summed E-state index contributed by atoms with van der Waals surface area (Å²) >= 11 is 7.85. The van der Waals surface area contributed by atoms with Gasteiger partial charge in [-0.25, -0.2) is 0 Å². The maximum absolute atomic E-state index is 9.87. The fourth-order valence-corrected chi connectivity index (χ4v) is 3.47. The first kappa shape index (κ1) is 16.6. The van der Waals surface area contributed by atoms with Gasteiger partial charge >= 0.3 is 0 Å². The molecule has 122 valence electrons. The van der Waals surface area contributed by atoms with Gasteiger partial charge in [-0.1, -0.05) is 53.7 Å². The first-order chi connectivity index (χ1) is 11.6. The van der Waals surface area contributed by atoms with Crippen LogP contribution >= 0.6 is 23.4 Å². The molecule has 0 amide bonds. The molecule has 3 aromatic carbocycles. The summed E-state index contributed by atoms with van der Waals surface area (Å²) in [6, 6.07) is 20.3. The molecule has 0 heterocycles. The predicted octanol–water partition coefficient (Wildman–Crippen LogP) is 5.51. The zero-order chi connectivity index (χ0) is 16.9. The second kappa shape index (κ2) is 7.51. The molecule has 0 aliphatic heterocycles. The molecule has 0 spiro atoms. The summed E-state index contributed by atoms with van der Waals surface area (Å²) < 4.78 is 0. The molecular formula is C19H16ClNO2S. The first-order valence-electron chi connectivity index (χ1n) is 7.39. The molecule has 0 radical (unpaired) electrons. The van der Waals surface area contributed by atoms with Crippen molar-refractivity contribution in [1.29, 1.82) is 0 Å². The molecule has 3 aromatic rings. The molecule has 5 heteroatoms. The summed E-state index contributed by atoms with van der Waals surface area (Å²) in [6.07, 6.45) is 0. The Morgan fingerprint density at radius 2 is 1.58 bits per heavy atom. The van der Waals surface area contributed by atoms with E-state index in [1.54, 1.807) is 17.8 Å². The quantitative estimate of drug-likeness (QED) is 0.416. The predicted molar refractivity (Wildman–Crippen MR) is 99.1 cm³/mol. The van der Waals surface area contributed by atoms with Crippen LogP contribution in [0.15, 0.2) is 76.5 Å².